The highest BCUT2D eigenvalue weighted by molar-refractivity contribution is 6.80. The fourth-order valence-electron chi connectivity index (χ4n) is 5.75. The molecule has 1 unspecified atom stereocenters. The van der Waals surface area contributed by atoms with Gasteiger partial charge >= 0.3 is 5.97 Å². The SMILES string of the molecule is C=C(C)C(=O)O[Si](C(C)C)(C(C)C)C(C)(C(C)C)C(C(C)C)C(C)C. The average Bonchev–Trinajstić information content (AvgIpc) is 2.41. The van der Waals surface area contributed by atoms with E-state index in [9.17, 15) is 4.79 Å². The van der Waals surface area contributed by atoms with E-state index in [2.05, 4.69) is 82.7 Å². The molecule has 0 saturated heterocycles. The van der Waals surface area contributed by atoms with Crippen LogP contribution in [0.2, 0.25) is 16.1 Å². The fraction of sp³-hybridized carbons (Fsp3) is 0.864. The topological polar surface area (TPSA) is 26.3 Å². The molecular weight excluding hydrogens is 324 g/mol. The van der Waals surface area contributed by atoms with Gasteiger partial charge in [-0.25, -0.2) is 4.79 Å². The highest BCUT2D eigenvalue weighted by Gasteiger charge is 2.63. The number of hydrogen-bond donors (Lipinski definition) is 0. The molecule has 0 aromatic carbocycles. The van der Waals surface area contributed by atoms with Crippen LogP contribution in [-0.4, -0.2) is 14.3 Å². The maximum absolute atomic E-state index is 12.7. The van der Waals surface area contributed by atoms with E-state index in [-0.39, 0.29) is 11.0 Å². The minimum absolute atomic E-state index is 0.0111. The zero-order valence-corrected chi connectivity index (χ0v) is 20.0. The van der Waals surface area contributed by atoms with Gasteiger partial charge in [-0.15, -0.1) is 0 Å². The van der Waals surface area contributed by atoms with E-state index in [0.29, 0.717) is 40.3 Å². The lowest BCUT2D eigenvalue weighted by Crippen LogP contribution is -2.61. The van der Waals surface area contributed by atoms with Crippen LogP contribution in [0.5, 0.6) is 0 Å². The minimum atomic E-state index is -2.49. The first kappa shape index (κ1) is 24.4. The van der Waals surface area contributed by atoms with E-state index in [1.807, 2.05) is 0 Å². The van der Waals surface area contributed by atoms with Crippen molar-refractivity contribution >= 4 is 14.3 Å². The van der Waals surface area contributed by atoms with Crippen LogP contribution in [0.25, 0.3) is 0 Å². The van der Waals surface area contributed by atoms with Crippen LogP contribution in [0.4, 0.5) is 0 Å². The van der Waals surface area contributed by atoms with Crippen molar-refractivity contribution in [2.45, 2.75) is 99.2 Å². The monoisotopic (exact) mass is 368 g/mol. The lowest BCUT2D eigenvalue weighted by atomic mass is 9.71. The molecule has 0 aromatic heterocycles. The molecular formula is C22H44O2Si. The maximum atomic E-state index is 12.7. The Labute approximate surface area is 158 Å². The first-order valence-electron chi connectivity index (χ1n) is 10.1. The zero-order chi connectivity index (χ0) is 20.3. The Morgan fingerprint density at radius 3 is 1.44 bits per heavy atom. The molecule has 0 rings (SSSR count). The molecule has 0 radical (unpaired) electrons. The summed E-state index contributed by atoms with van der Waals surface area (Å²) < 4.78 is 6.53. The van der Waals surface area contributed by atoms with Gasteiger partial charge in [-0.1, -0.05) is 82.7 Å². The second-order valence-electron chi connectivity index (χ2n) is 9.72. The van der Waals surface area contributed by atoms with Crippen molar-refractivity contribution in [3.05, 3.63) is 12.2 Å². The molecule has 0 aliphatic heterocycles. The molecule has 3 heteroatoms. The van der Waals surface area contributed by atoms with Crippen LogP contribution >= 0.6 is 0 Å². The molecule has 2 nitrogen and oxygen atoms in total. The third-order valence-electron chi connectivity index (χ3n) is 6.50. The summed E-state index contributed by atoms with van der Waals surface area (Å²) in [5.41, 5.74) is 1.21. The fourth-order valence-corrected chi connectivity index (χ4v) is 12.8. The predicted octanol–water partition coefficient (Wildman–Crippen LogP) is 7.22. The van der Waals surface area contributed by atoms with Crippen molar-refractivity contribution in [2.75, 3.05) is 0 Å². The van der Waals surface area contributed by atoms with Gasteiger partial charge in [-0.05, 0) is 41.7 Å². The van der Waals surface area contributed by atoms with Gasteiger partial charge in [-0.2, -0.15) is 0 Å². The summed E-state index contributed by atoms with van der Waals surface area (Å²) in [5, 5.41) is -0.0111. The largest absolute Gasteiger partial charge is 0.515 e. The maximum Gasteiger partial charge on any atom is 0.319 e. The first-order chi connectivity index (χ1) is 11.2. The van der Waals surface area contributed by atoms with Gasteiger partial charge in [-0.3, -0.25) is 0 Å². The van der Waals surface area contributed by atoms with E-state index in [1.54, 1.807) is 6.92 Å². The van der Waals surface area contributed by atoms with E-state index in [4.69, 9.17) is 4.43 Å². The second-order valence-corrected chi connectivity index (χ2v) is 14.9. The standard InChI is InChI=1S/C22H44O2Si/c1-14(2)20(15(3)4)22(13,17(7)8)25(18(9)10,19(11)12)24-21(23)16(5)6/h14-15,17-20H,5H2,1-4,6-13H3. The van der Waals surface area contributed by atoms with Gasteiger partial charge in [0.15, 0.2) is 0 Å². The van der Waals surface area contributed by atoms with E-state index < -0.39 is 8.32 Å². The van der Waals surface area contributed by atoms with Crippen LogP contribution < -0.4 is 0 Å². The Morgan fingerprint density at radius 2 is 1.24 bits per heavy atom. The molecule has 25 heavy (non-hydrogen) atoms. The summed E-state index contributed by atoms with van der Waals surface area (Å²) in [4.78, 5) is 12.7. The van der Waals surface area contributed by atoms with Crippen LogP contribution in [0.1, 0.15) is 83.1 Å². The average molecular weight is 369 g/mol. The summed E-state index contributed by atoms with van der Waals surface area (Å²) in [6, 6.07) is 0. The summed E-state index contributed by atoms with van der Waals surface area (Å²) in [5.74, 6) is 1.83. The third kappa shape index (κ3) is 4.40. The molecule has 0 saturated carbocycles. The summed E-state index contributed by atoms with van der Waals surface area (Å²) >= 11 is 0. The van der Waals surface area contributed by atoms with Crippen LogP contribution in [0.15, 0.2) is 12.2 Å². The summed E-state index contributed by atoms with van der Waals surface area (Å²) in [6.45, 7) is 31.0. The van der Waals surface area contributed by atoms with Gasteiger partial charge in [0.05, 0.1) is 0 Å². The molecule has 0 spiro atoms. The van der Waals surface area contributed by atoms with Crippen molar-refractivity contribution in [3.8, 4) is 0 Å². The van der Waals surface area contributed by atoms with Crippen LogP contribution in [-0.2, 0) is 9.22 Å². The third-order valence-corrected chi connectivity index (χ3v) is 13.0. The van der Waals surface area contributed by atoms with E-state index in [1.165, 1.54) is 0 Å². The number of carbonyl (C=O) groups is 1. The van der Waals surface area contributed by atoms with E-state index in [0.717, 1.165) is 0 Å². The quantitative estimate of drug-likeness (QED) is 0.317. The Hall–Kier alpha value is -0.573. The Balaban J connectivity index is 6.77. The van der Waals surface area contributed by atoms with Gasteiger partial charge < -0.3 is 4.43 Å². The van der Waals surface area contributed by atoms with Crippen LogP contribution in [0.3, 0.4) is 0 Å². The highest BCUT2D eigenvalue weighted by atomic mass is 28.4. The van der Waals surface area contributed by atoms with Crippen LogP contribution in [0, 0.1) is 23.7 Å². The summed E-state index contributed by atoms with van der Waals surface area (Å²) in [6.07, 6.45) is 0. The molecule has 0 heterocycles. The van der Waals surface area contributed by atoms with Gasteiger partial charge in [0.1, 0.15) is 0 Å². The molecule has 0 N–H and O–H groups in total. The second kappa shape index (κ2) is 8.88. The molecule has 0 aliphatic rings. The van der Waals surface area contributed by atoms with Crippen molar-refractivity contribution in [1.82, 2.24) is 0 Å². The number of hydrogen-bond acceptors (Lipinski definition) is 2. The van der Waals surface area contributed by atoms with Gasteiger partial charge in [0.25, 0.3) is 8.32 Å². The molecule has 0 bridgehead atoms. The van der Waals surface area contributed by atoms with Crippen molar-refractivity contribution in [1.29, 1.82) is 0 Å². The molecule has 0 aliphatic carbocycles. The zero-order valence-electron chi connectivity index (χ0n) is 19.0. The molecule has 0 amide bonds. The molecule has 1 atom stereocenters. The lowest BCUT2D eigenvalue weighted by Gasteiger charge is -2.58. The molecule has 0 aromatic rings. The Morgan fingerprint density at radius 1 is 0.880 bits per heavy atom. The lowest BCUT2D eigenvalue weighted by molar-refractivity contribution is -0.132. The molecule has 148 valence electrons. The van der Waals surface area contributed by atoms with Gasteiger partial charge in [0, 0.05) is 10.6 Å². The van der Waals surface area contributed by atoms with Gasteiger partial charge in [0.2, 0.25) is 0 Å². The smallest absolute Gasteiger partial charge is 0.319 e. The van der Waals surface area contributed by atoms with Crippen molar-refractivity contribution in [3.63, 3.8) is 0 Å². The first-order valence-corrected chi connectivity index (χ1v) is 12.1. The molecule has 0 fully saturated rings. The van der Waals surface area contributed by atoms with E-state index >= 15 is 0 Å². The highest BCUT2D eigenvalue weighted by Crippen LogP contribution is 2.63. The number of rotatable bonds is 9. The van der Waals surface area contributed by atoms with Crippen molar-refractivity contribution < 1.29 is 9.22 Å². The Kier molecular flexibility index (Phi) is 8.68. The normalized spacial score (nSPS) is 15.6. The predicted molar refractivity (Wildman–Crippen MR) is 113 cm³/mol. The number of carbonyl (C=O) groups excluding carboxylic acids is 1. The Bertz CT molecular complexity index is 447. The summed E-state index contributed by atoms with van der Waals surface area (Å²) in [7, 11) is -2.49. The van der Waals surface area contributed by atoms with Crippen molar-refractivity contribution in [2.24, 2.45) is 23.7 Å². The minimum Gasteiger partial charge on any atom is -0.515 e.